The number of nitrogens with one attached hydrogen (secondary N) is 1. The Morgan fingerprint density at radius 2 is 2.12 bits per heavy atom. The highest BCUT2D eigenvalue weighted by Gasteiger charge is 2.22. The molecule has 92 valence electrons. The van der Waals surface area contributed by atoms with Crippen molar-refractivity contribution in [2.24, 2.45) is 5.92 Å². The quantitative estimate of drug-likeness (QED) is 0.781. The number of benzene rings is 1. The van der Waals surface area contributed by atoms with Crippen molar-refractivity contribution in [3.63, 3.8) is 0 Å². The molecule has 4 nitrogen and oxygen atoms in total. The Morgan fingerprint density at radius 1 is 1.41 bits per heavy atom. The van der Waals surface area contributed by atoms with Gasteiger partial charge in [-0.25, -0.2) is 0 Å². The van der Waals surface area contributed by atoms with Gasteiger partial charge in [-0.2, -0.15) is 0 Å². The smallest absolute Gasteiger partial charge is 0.166 e. The van der Waals surface area contributed by atoms with E-state index in [4.69, 9.17) is 4.74 Å². The molecule has 17 heavy (non-hydrogen) atoms. The van der Waals surface area contributed by atoms with Gasteiger partial charge in [0.15, 0.2) is 17.3 Å². The Hall–Kier alpha value is -1.55. The summed E-state index contributed by atoms with van der Waals surface area (Å²) in [6.45, 7) is 1.79. The van der Waals surface area contributed by atoms with Gasteiger partial charge < -0.3 is 15.2 Å². The van der Waals surface area contributed by atoms with E-state index in [9.17, 15) is 9.90 Å². The van der Waals surface area contributed by atoms with Gasteiger partial charge in [-0.15, -0.1) is 0 Å². The lowest BCUT2D eigenvalue weighted by atomic mass is 9.89. The van der Waals surface area contributed by atoms with E-state index in [1.165, 1.54) is 13.2 Å². The molecule has 1 aliphatic rings. The fraction of sp³-hybridized carbons (Fsp3) is 0.462. The van der Waals surface area contributed by atoms with E-state index in [0.29, 0.717) is 11.3 Å². The Labute approximate surface area is 101 Å². The third-order valence-corrected chi connectivity index (χ3v) is 3.17. The number of carbonyl (C=O) groups excluding carboxylic acids is 1. The van der Waals surface area contributed by atoms with Gasteiger partial charge >= 0.3 is 0 Å². The monoisotopic (exact) mass is 235 g/mol. The number of ketones is 1. The Bertz CT molecular complexity index is 411. The average Bonchev–Trinajstić information content (AvgIpc) is 2.39. The van der Waals surface area contributed by atoms with Crippen molar-refractivity contribution in [3.05, 3.63) is 23.8 Å². The van der Waals surface area contributed by atoms with E-state index < -0.39 is 0 Å². The fourth-order valence-electron chi connectivity index (χ4n) is 2.15. The summed E-state index contributed by atoms with van der Waals surface area (Å²) in [7, 11) is 1.48. The minimum absolute atomic E-state index is 0.0642. The fourth-order valence-corrected chi connectivity index (χ4v) is 2.15. The van der Waals surface area contributed by atoms with Crippen LogP contribution in [-0.4, -0.2) is 31.1 Å². The summed E-state index contributed by atoms with van der Waals surface area (Å²) in [6.07, 6.45) is 1.75. The lowest BCUT2D eigenvalue weighted by molar-refractivity contribution is 0.0894. The molecule has 1 aromatic rings. The second-order valence-electron chi connectivity index (χ2n) is 4.28. The topological polar surface area (TPSA) is 58.6 Å². The predicted octanol–water partition coefficient (Wildman–Crippen LogP) is 1.58. The number of phenolic OH excluding ortho intramolecular Hbond substituents is 1. The lowest BCUT2D eigenvalue weighted by Crippen LogP contribution is -2.31. The molecule has 2 N–H and O–H groups in total. The minimum Gasteiger partial charge on any atom is -0.504 e. The minimum atomic E-state index is 0.0642. The molecule has 2 rings (SSSR count). The molecule has 0 saturated carbocycles. The standard InChI is InChI=1S/C13H17NO3/c1-17-12-8-10(2-3-11(12)15)13(16)9-4-6-14-7-5-9/h2-3,8-9,14-15H,4-7H2,1H3. The number of ether oxygens (including phenoxy) is 1. The molecule has 1 saturated heterocycles. The zero-order valence-electron chi connectivity index (χ0n) is 9.90. The van der Waals surface area contributed by atoms with Gasteiger partial charge in [-0.3, -0.25) is 4.79 Å². The molecule has 0 radical (unpaired) electrons. The van der Waals surface area contributed by atoms with E-state index >= 15 is 0 Å². The van der Waals surface area contributed by atoms with Crippen LogP contribution in [0.1, 0.15) is 23.2 Å². The molecule has 0 spiro atoms. The van der Waals surface area contributed by atoms with Crippen molar-refractivity contribution in [3.8, 4) is 11.5 Å². The third kappa shape index (κ3) is 2.58. The SMILES string of the molecule is COc1cc(C(=O)C2CCNCC2)ccc1O. The molecule has 0 aromatic heterocycles. The van der Waals surface area contributed by atoms with E-state index in [1.54, 1.807) is 12.1 Å². The second kappa shape index (κ2) is 5.19. The molecule has 0 aliphatic carbocycles. The molecule has 0 amide bonds. The Kier molecular flexibility index (Phi) is 3.64. The number of carbonyl (C=O) groups is 1. The molecule has 0 bridgehead atoms. The van der Waals surface area contributed by atoms with Gasteiger partial charge in [0.25, 0.3) is 0 Å². The van der Waals surface area contributed by atoms with Crippen LogP contribution in [0.15, 0.2) is 18.2 Å². The summed E-state index contributed by atoms with van der Waals surface area (Å²) < 4.78 is 5.01. The van der Waals surface area contributed by atoms with Crippen molar-refractivity contribution in [2.75, 3.05) is 20.2 Å². The molecular weight excluding hydrogens is 218 g/mol. The molecule has 4 heteroatoms. The highest BCUT2D eigenvalue weighted by Crippen LogP contribution is 2.28. The van der Waals surface area contributed by atoms with Crippen molar-refractivity contribution >= 4 is 5.78 Å². The van der Waals surface area contributed by atoms with Crippen LogP contribution in [0.25, 0.3) is 0 Å². The summed E-state index contributed by atoms with van der Waals surface area (Å²) in [6, 6.07) is 4.77. The van der Waals surface area contributed by atoms with E-state index in [-0.39, 0.29) is 17.5 Å². The van der Waals surface area contributed by atoms with Crippen LogP contribution >= 0.6 is 0 Å². The highest BCUT2D eigenvalue weighted by atomic mass is 16.5. The summed E-state index contributed by atoms with van der Waals surface area (Å²) in [5.41, 5.74) is 0.617. The first kappa shape index (κ1) is 11.9. The Balaban J connectivity index is 2.18. The number of hydrogen-bond donors (Lipinski definition) is 2. The van der Waals surface area contributed by atoms with Gasteiger partial charge in [-0.05, 0) is 44.1 Å². The first-order valence-electron chi connectivity index (χ1n) is 5.84. The van der Waals surface area contributed by atoms with E-state index in [0.717, 1.165) is 25.9 Å². The number of aromatic hydroxyl groups is 1. The summed E-state index contributed by atoms with van der Waals surface area (Å²) >= 11 is 0. The summed E-state index contributed by atoms with van der Waals surface area (Å²) in [5, 5.41) is 12.7. The predicted molar refractivity (Wildman–Crippen MR) is 64.6 cm³/mol. The molecule has 1 aliphatic heterocycles. The third-order valence-electron chi connectivity index (χ3n) is 3.17. The zero-order chi connectivity index (χ0) is 12.3. The van der Waals surface area contributed by atoms with Crippen LogP contribution in [0.5, 0.6) is 11.5 Å². The normalized spacial score (nSPS) is 16.8. The number of Topliss-reactive ketones (excluding diaryl/α,β-unsaturated/α-hetero) is 1. The number of phenols is 1. The van der Waals surface area contributed by atoms with Gasteiger partial charge in [-0.1, -0.05) is 0 Å². The number of piperidine rings is 1. The van der Waals surface area contributed by atoms with Gasteiger partial charge in [0.05, 0.1) is 7.11 Å². The molecule has 0 atom stereocenters. The molecule has 1 heterocycles. The maximum Gasteiger partial charge on any atom is 0.166 e. The highest BCUT2D eigenvalue weighted by molar-refractivity contribution is 5.98. The van der Waals surface area contributed by atoms with E-state index in [1.807, 2.05) is 0 Å². The maximum absolute atomic E-state index is 12.2. The van der Waals surface area contributed by atoms with Crippen molar-refractivity contribution in [2.45, 2.75) is 12.8 Å². The summed E-state index contributed by atoms with van der Waals surface area (Å²) in [4.78, 5) is 12.2. The lowest BCUT2D eigenvalue weighted by Gasteiger charge is -2.21. The first-order chi connectivity index (χ1) is 8.22. The van der Waals surface area contributed by atoms with Crippen LogP contribution < -0.4 is 10.1 Å². The van der Waals surface area contributed by atoms with Gasteiger partial charge in [0.2, 0.25) is 0 Å². The van der Waals surface area contributed by atoms with Crippen molar-refractivity contribution in [1.29, 1.82) is 0 Å². The van der Waals surface area contributed by atoms with Crippen LogP contribution in [0.2, 0.25) is 0 Å². The number of methoxy groups -OCH3 is 1. The maximum atomic E-state index is 12.2. The zero-order valence-corrected chi connectivity index (χ0v) is 9.90. The largest absolute Gasteiger partial charge is 0.504 e. The second-order valence-corrected chi connectivity index (χ2v) is 4.28. The van der Waals surface area contributed by atoms with Crippen molar-refractivity contribution < 1.29 is 14.6 Å². The average molecular weight is 235 g/mol. The van der Waals surface area contributed by atoms with E-state index in [2.05, 4.69) is 5.32 Å². The van der Waals surface area contributed by atoms with Crippen LogP contribution in [0.4, 0.5) is 0 Å². The molecular formula is C13H17NO3. The van der Waals surface area contributed by atoms with Gasteiger partial charge in [0.1, 0.15) is 0 Å². The number of rotatable bonds is 3. The molecule has 1 aromatic carbocycles. The Morgan fingerprint density at radius 3 is 2.76 bits per heavy atom. The van der Waals surface area contributed by atoms with Gasteiger partial charge in [0, 0.05) is 11.5 Å². The van der Waals surface area contributed by atoms with Crippen molar-refractivity contribution in [1.82, 2.24) is 5.32 Å². The van der Waals surface area contributed by atoms with Crippen LogP contribution in [0, 0.1) is 5.92 Å². The molecule has 0 unspecified atom stereocenters. The van der Waals surface area contributed by atoms with Crippen LogP contribution in [-0.2, 0) is 0 Å². The number of hydrogen-bond acceptors (Lipinski definition) is 4. The summed E-state index contributed by atoms with van der Waals surface area (Å²) in [5.74, 6) is 0.648. The van der Waals surface area contributed by atoms with Crippen LogP contribution in [0.3, 0.4) is 0 Å². The first-order valence-corrected chi connectivity index (χ1v) is 5.84. The molecule has 1 fully saturated rings.